The van der Waals surface area contributed by atoms with E-state index >= 15 is 0 Å². The first kappa shape index (κ1) is 12.1. The fourth-order valence-corrected chi connectivity index (χ4v) is 4.27. The van der Waals surface area contributed by atoms with Gasteiger partial charge in [-0.2, -0.15) is 21.6 Å². The number of hydrogen-bond acceptors (Lipinski definition) is 4. The van der Waals surface area contributed by atoms with Crippen LogP contribution in [0.4, 0.5) is 13.2 Å². The Hall–Kier alpha value is -0.340. The molecule has 2 rings (SSSR count). The summed E-state index contributed by atoms with van der Waals surface area (Å²) in [5.74, 6) is -1.99. The quantitative estimate of drug-likeness (QED) is 0.611. The van der Waals surface area contributed by atoms with E-state index in [1.165, 1.54) is 13.8 Å². The van der Waals surface area contributed by atoms with E-state index in [0.29, 0.717) is 0 Å². The average molecular weight is 260 g/mol. The Morgan fingerprint density at radius 2 is 1.69 bits per heavy atom. The minimum absolute atomic E-state index is 0.994. The van der Waals surface area contributed by atoms with E-state index in [4.69, 9.17) is 4.74 Å². The minimum Gasteiger partial charge on any atom is -0.370 e. The summed E-state index contributed by atoms with van der Waals surface area (Å²) < 4.78 is 71.0. The molecule has 16 heavy (non-hydrogen) atoms. The molecule has 0 aromatic heterocycles. The summed E-state index contributed by atoms with van der Waals surface area (Å²) in [5, 5.41) is -1.64. The lowest BCUT2D eigenvalue weighted by molar-refractivity contribution is -0.198. The molecule has 2 aliphatic heterocycles. The van der Waals surface area contributed by atoms with Gasteiger partial charge >= 0.3 is 6.18 Å². The van der Waals surface area contributed by atoms with E-state index in [1.807, 2.05) is 0 Å². The fraction of sp³-hybridized carbons (Fsp3) is 1.00. The maximum absolute atomic E-state index is 12.8. The molecule has 0 radical (unpaired) electrons. The van der Waals surface area contributed by atoms with Crippen molar-refractivity contribution in [2.75, 3.05) is 0 Å². The second kappa shape index (κ2) is 3.33. The molecule has 94 valence electrons. The molecule has 0 amide bonds. The van der Waals surface area contributed by atoms with Crippen LogP contribution >= 0.6 is 0 Å². The van der Waals surface area contributed by atoms with Gasteiger partial charge in [-0.25, -0.2) is 0 Å². The van der Waals surface area contributed by atoms with Gasteiger partial charge in [-0.1, -0.05) is 0 Å². The number of rotatable bonds is 0. The molecular formula is C8H11F3O4S. The Balaban J connectivity index is 2.48. The Bertz CT molecular complexity index is 391. The third kappa shape index (κ3) is 1.63. The molecular weight excluding hydrogens is 249 g/mol. The number of alkyl halides is 3. The van der Waals surface area contributed by atoms with E-state index in [1.54, 1.807) is 0 Å². The molecule has 0 spiro atoms. The Kier molecular flexibility index (Phi) is 2.52. The molecule has 0 aromatic carbocycles. The van der Waals surface area contributed by atoms with Crippen LogP contribution in [0, 0.1) is 5.92 Å². The zero-order valence-electron chi connectivity index (χ0n) is 8.56. The van der Waals surface area contributed by atoms with Crippen LogP contribution in [0.5, 0.6) is 0 Å². The number of ether oxygens (including phenoxy) is 1. The van der Waals surface area contributed by atoms with Crippen LogP contribution in [-0.4, -0.2) is 38.2 Å². The van der Waals surface area contributed by atoms with Crippen molar-refractivity contribution in [3.63, 3.8) is 0 Å². The largest absolute Gasteiger partial charge is 0.395 e. The van der Waals surface area contributed by atoms with Crippen molar-refractivity contribution in [2.45, 2.75) is 43.6 Å². The van der Waals surface area contributed by atoms with Crippen molar-refractivity contribution >= 4 is 10.1 Å². The van der Waals surface area contributed by atoms with Crippen LogP contribution in [0.25, 0.3) is 0 Å². The molecule has 0 aromatic rings. The van der Waals surface area contributed by atoms with Crippen LogP contribution in [0.3, 0.4) is 0 Å². The Labute approximate surface area is 90.8 Å². The van der Waals surface area contributed by atoms with Crippen molar-refractivity contribution < 1.29 is 30.5 Å². The van der Waals surface area contributed by atoms with E-state index in [-0.39, 0.29) is 0 Å². The minimum atomic E-state index is -4.59. The zero-order valence-corrected chi connectivity index (χ0v) is 9.38. The molecule has 2 fully saturated rings. The molecule has 5 unspecified atom stereocenters. The third-order valence-electron chi connectivity index (χ3n) is 3.00. The first-order valence-electron chi connectivity index (χ1n) is 4.79. The molecule has 5 atom stereocenters. The lowest BCUT2D eigenvalue weighted by Crippen LogP contribution is -2.52. The standard InChI is InChI=1S/C8H11F3O4S/c1-3-6-5(8(9,10)11)7(4(2)14-6)16(12,13)15-3/h3-7H,1-2H3. The van der Waals surface area contributed by atoms with Crippen molar-refractivity contribution in [3.8, 4) is 0 Å². The lowest BCUT2D eigenvalue weighted by atomic mass is 9.95. The van der Waals surface area contributed by atoms with E-state index in [0.717, 1.165) is 0 Å². The monoisotopic (exact) mass is 260 g/mol. The van der Waals surface area contributed by atoms with Crippen molar-refractivity contribution in [2.24, 2.45) is 5.92 Å². The van der Waals surface area contributed by atoms with Crippen LogP contribution in [0.15, 0.2) is 0 Å². The van der Waals surface area contributed by atoms with Gasteiger partial charge in [-0.3, -0.25) is 4.18 Å². The second-order valence-corrected chi connectivity index (χ2v) is 5.85. The van der Waals surface area contributed by atoms with Gasteiger partial charge < -0.3 is 4.74 Å². The lowest BCUT2D eigenvalue weighted by Gasteiger charge is -2.33. The van der Waals surface area contributed by atoms with Gasteiger partial charge in [-0.15, -0.1) is 0 Å². The number of hydrogen-bond donors (Lipinski definition) is 0. The molecule has 0 aliphatic carbocycles. The highest BCUT2D eigenvalue weighted by Gasteiger charge is 2.66. The molecule has 0 N–H and O–H groups in total. The number of fused-ring (bicyclic) bond motifs is 2. The molecule has 2 heterocycles. The van der Waals surface area contributed by atoms with Gasteiger partial charge in [0.25, 0.3) is 10.1 Å². The zero-order chi connectivity index (χ0) is 12.3. The Morgan fingerprint density at radius 3 is 2.19 bits per heavy atom. The van der Waals surface area contributed by atoms with Gasteiger partial charge in [0.1, 0.15) is 17.3 Å². The summed E-state index contributed by atoms with van der Waals surface area (Å²) in [6.45, 7) is 2.59. The van der Waals surface area contributed by atoms with Crippen LogP contribution in [0.2, 0.25) is 0 Å². The maximum atomic E-state index is 12.8. The summed E-state index contributed by atoms with van der Waals surface area (Å²) >= 11 is 0. The highest BCUT2D eigenvalue weighted by molar-refractivity contribution is 7.87. The van der Waals surface area contributed by atoms with Gasteiger partial charge in [-0.05, 0) is 13.8 Å². The van der Waals surface area contributed by atoms with Gasteiger partial charge in [0.05, 0.1) is 12.2 Å². The van der Waals surface area contributed by atoms with Crippen LogP contribution in [-0.2, 0) is 19.0 Å². The molecule has 2 bridgehead atoms. The molecule has 0 saturated carbocycles. The summed E-state index contributed by atoms with van der Waals surface area (Å²) in [4.78, 5) is 0. The summed E-state index contributed by atoms with van der Waals surface area (Å²) in [6, 6.07) is 0. The van der Waals surface area contributed by atoms with Gasteiger partial charge in [0.2, 0.25) is 0 Å². The summed E-state index contributed by atoms with van der Waals surface area (Å²) in [6.07, 6.45) is -7.92. The van der Waals surface area contributed by atoms with Crippen molar-refractivity contribution in [3.05, 3.63) is 0 Å². The molecule has 2 aliphatic rings. The first-order chi connectivity index (χ1) is 7.14. The normalized spacial score (nSPS) is 46.9. The summed E-state index contributed by atoms with van der Waals surface area (Å²) in [7, 11) is -4.21. The van der Waals surface area contributed by atoms with E-state index in [9.17, 15) is 21.6 Å². The van der Waals surface area contributed by atoms with E-state index < -0.39 is 45.8 Å². The third-order valence-corrected chi connectivity index (χ3v) is 4.92. The highest BCUT2D eigenvalue weighted by atomic mass is 32.2. The molecule has 4 nitrogen and oxygen atoms in total. The average Bonchev–Trinajstić information content (AvgIpc) is 2.36. The van der Waals surface area contributed by atoms with E-state index in [2.05, 4.69) is 4.18 Å². The SMILES string of the molecule is CC1OS(=O)(=O)C2C(C)OC1C2C(F)(F)F. The molecule has 8 heteroatoms. The van der Waals surface area contributed by atoms with Gasteiger partial charge in [0, 0.05) is 0 Å². The topological polar surface area (TPSA) is 52.6 Å². The van der Waals surface area contributed by atoms with Gasteiger partial charge in [0.15, 0.2) is 0 Å². The Morgan fingerprint density at radius 1 is 1.12 bits per heavy atom. The van der Waals surface area contributed by atoms with Crippen molar-refractivity contribution in [1.82, 2.24) is 0 Å². The van der Waals surface area contributed by atoms with Crippen molar-refractivity contribution in [1.29, 1.82) is 0 Å². The predicted molar refractivity (Wildman–Crippen MR) is 47.1 cm³/mol. The number of halogens is 3. The molecule has 2 saturated heterocycles. The van der Waals surface area contributed by atoms with Crippen LogP contribution in [0.1, 0.15) is 13.8 Å². The van der Waals surface area contributed by atoms with Crippen LogP contribution < -0.4 is 0 Å². The summed E-state index contributed by atoms with van der Waals surface area (Å²) in [5.41, 5.74) is 0. The highest BCUT2D eigenvalue weighted by Crippen LogP contribution is 2.48. The first-order valence-corrected chi connectivity index (χ1v) is 6.26. The smallest absolute Gasteiger partial charge is 0.370 e. The predicted octanol–water partition coefficient (Wildman–Crippen LogP) is 1.07. The fourth-order valence-electron chi connectivity index (χ4n) is 2.41. The maximum Gasteiger partial charge on any atom is 0.395 e. The second-order valence-electron chi connectivity index (χ2n) is 4.13.